The highest BCUT2D eigenvalue weighted by Gasteiger charge is 2.22. The summed E-state index contributed by atoms with van der Waals surface area (Å²) in [5.74, 6) is -0.0449. The van der Waals surface area contributed by atoms with Crippen molar-refractivity contribution in [2.75, 3.05) is 5.32 Å². The molecule has 3 aromatic rings. The molecule has 7 heteroatoms. The van der Waals surface area contributed by atoms with Gasteiger partial charge in [-0.2, -0.15) is 0 Å². The first kappa shape index (κ1) is 15.9. The van der Waals surface area contributed by atoms with Crippen LogP contribution in [0.2, 0.25) is 0 Å². The molecule has 0 bridgehead atoms. The molecule has 0 unspecified atom stereocenters. The maximum atomic E-state index is 12.3. The average molecular weight is 325 g/mol. The second-order valence-corrected chi connectivity index (χ2v) is 6.71. The zero-order chi connectivity index (χ0) is 17.3. The quantitative estimate of drug-likeness (QED) is 0.771. The second-order valence-electron chi connectivity index (χ2n) is 6.71. The van der Waals surface area contributed by atoms with Gasteiger partial charge in [0.1, 0.15) is 0 Å². The minimum atomic E-state index is -0.567. The number of rotatable bonds is 3. The lowest BCUT2D eigenvalue weighted by atomic mass is 9.96. The Morgan fingerprint density at radius 3 is 2.79 bits per heavy atom. The van der Waals surface area contributed by atoms with Gasteiger partial charge in [0.2, 0.25) is 11.9 Å². The van der Waals surface area contributed by atoms with Gasteiger partial charge in [-0.1, -0.05) is 26.8 Å². The first-order valence-electron chi connectivity index (χ1n) is 7.63. The topological polar surface area (TPSA) is 92.7 Å². The first-order chi connectivity index (χ1) is 11.3. The Morgan fingerprint density at radius 2 is 2.12 bits per heavy atom. The van der Waals surface area contributed by atoms with E-state index >= 15 is 0 Å². The van der Waals surface area contributed by atoms with E-state index in [1.54, 1.807) is 45.4 Å². The van der Waals surface area contributed by atoms with Crippen LogP contribution in [0.4, 0.5) is 5.95 Å². The van der Waals surface area contributed by atoms with Gasteiger partial charge in [0, 0.05) is 24.4 Å². The molecule has 24 heavy (non-hydrogen) atoms. The fourth-order valence-electron chi connectivity index (χ4n) is 2.23. The predicted molar refractivity (Wildman–Crippen MR) is 91.8 cm³/mol. The zero-order valence-corrected chi connectivity index (χ0v) is 13.8. The van der Waals surface area contributed by atoms with Crippen LogP contribution < -0.4 is 10.9 Å². The molecule has 2 N–H and O–H groups in total. The smallest absolute Gasteiger partial charge is 0.260 e. The van der Waals surface area contributed by atoms with Crippen molar-refractivity contribution in [1.29, 1.82) is 0 Å². The van der Waals surface area contributed by atoms with Crippen molar-refractivity contribution < 1.29 is 4.79 Å². The van der Waals surface area contributed by atoms with Gasteiger partial charge in [0.15, 0.2) is 0 Å². The minimum absolute atomic E-state index is 0.162. The highest BCUT2D eigenvalue weighted by molar-refractivity contribution is 5.93. The van der Waals surface area contributed by atoms with Crippen molar-refractivity contribution >= 4 is 22.8 Å². The van der Waals surface area contributed by atoms with Crippen LogP contribution in [0.5, 0.6) is 0 Å². The van der Waals surface area contributed by atoms with Crippen LogP contribution >= 0.6 is 0 Å². The number of anilines is 1. The number of hydrogen-bond acceptors (Lipinski definition) is 4. The number of aromatic amines is 1. The van der Waals surface area contributed by atoms with Crippen LogP contribution in [0, 0.1) is 5.41 Å². The SMILES string of the molecule is CC(C)(C)C(=O)Nc1nc2ccc(Cn3ccnc3)cc2c(=O)[nH]1. The Labute approximate surface area is 138 Å². The maximum Gasteiger partial charge on any atom is 0.260 e. The van der Waals surface area contributed by atoms with E-state index in [1.807, 2.05) is 16.8 Å². The lowest BCUT2D eigenvalue weighted by Gasteiger charge is -2.17. The monoisotopic (exact) mass is 325 g/mol. The van der Waals surface area contributed by atoms with E-state index in [1.165, 1.54) is 0 Å². The number of fused-ring (bicyclic) bond motifs is 1. The van der Waals surface area contributed by atoms with Crippen LogP contribution in [0.1, 0.15) is 26.3 Å². The molecule has 0 fully saturated rings. The van der Waals surface area contributed by atoms with Crippen LogP contribution in [-0.4, -0.2) is 25.4 Å². The number of carbonyl (C=O) groups excluding carboxylic acids is 1. The molecule has 0 spiro atoms. The van der Waals surface area contributed by atoms with Crippen molar-refractivity contribution in [3.8, 4) is 0 Å². The maximum absolute atomic E-state index is 12.3. The van der Waals surface area contributed by atoms with Crippen molar-refractivity contribution in [3.63, 3.8) is 0 Å². The van der Waals surface area contributed by atoms with Gasteiger partial charge < -0.3 is 4.57 Å². The normalized spacial score (nSPS) is 11.6. The molecule has 0 aliphatic carbocycles. The highest BCUT2D eigenvalue weighted by Crippen LogP contribution is 2.17. The lowest BCUT2D eigenvalue weighted by Crippen LogP contribution is -2.29. The fourth-order valence-corrected chi connectivity index (χ4v) is 2.23. The molecule has 2 aromatic heterocycles. The molecule has 1 amide bonds. The molecule has 0 aliphatic rings. The third kappa shape index (κ3) is 3.34. The zero-order valence-electron chi connectivity index (χ0n) is 13.8. The summed E-state index contributed by atoms with van der Waals surface area (Å²) >= 11 is 0. The molecule has 7 nitrogen and oxygen atoms in total. The van der Waals surface area contributed by atoms with Crippen molar-refractivity contribution in [3.05, 3.63) is 52.8 Å². The van der Waals surface area contributed by atoms with Gasteiger partial charge in [-0.3, -0.25) is 19.9 Å². The highest BCUT2D eigenvalue weighted by atomic mass is 16.2. The Bertz CT molecular complexity index is 936. The van der Waals surface area contributed by atoms with E-state index in [-0.39, 0.29) is 17.4 Å². The van der Waals surface area contributed by atoms with Gasteiger partial charge in [-0.05, 0) is 17.7 Å². The predicted octanol–water partition coefficient (Wildman–Crippen LogP) is 2.15. The van der Waals surface area contributed by atoms with Gasteiger partial charge in [0.05, 0.1) is 17.2 Å². The number of amides is 1. The standard InChI is InChI=1S/C17H19N5O2/c1-17(2,3)15(24)21-16-19-13-5-4-11(8-12(13)14(23)20-16)9-22-7-6-18-10-22/h4-8,10H,9H2,1-3H3,(H2,19,20,21,23,24). The second kappa shape index (κ2) is 5.92. The minimum Gasteiger partial charge on any atom is -0.333 e. The van der Waals surface area contributed by atoms with Gasteiger partial charge in [-0.15, -0.1) is 0 Å². The van der Waals surface area contributed by atoms with E-state index in [0.717, 1.165) is 5.56 Å². The molecule has 0 atom stereocenters. The summed E-state index contributed by atoms with van der Waals surface area (Å²) in [6.45, 7) is 6.01. The summed E-state index contributed by atoms with van der Waals surface area (Å²) in [6, 6.07) is 5.49. The van der Waals surface area contributed by atoms with E-state index in [4.69, 9.17) is 0 Å². The number of H-pyrrole nitrogens is 1. The first-order valence-corrected chi connectivity index (χ1v) is 7.63. The summed E-state index contributed by atoms with van der Waals surface area (Å²) in [4.78, 5) is 35.3. The molecule has 3 rings (SSSR count). The van der Waals surface area contributed by atoms with E-state index in [2.05, 4.69) is 20.3 Å². The number of nitrogens with zero attached hydrogens (tertiary/aromatic N) is 3. The summed E-state index contributed by atoms with van der Waals surface area (Å²) in [6.07, 6.45) is 5.29. The molecule has 124 valence electrons. The molecule has 0 radical (unpaired) electrons. The number of carbonyl (C=O) groups is 1. The summed E-state index contributed by atoms with van der Waals surface area (Å²) in [5.41, 5.74) is 0.663. The van der Waals surface area contributed by atoms with Gasteiger partial charge in [-0.25, -0.2) is 9.97 Å². The van der Waals surface area contributed by atoms with Gasteiger partial charge in [0.25, 0.3) is 5.56 Å². The molecular formula is C17H19N5O2. The van der Waals surface area contributed by atoms with Gasteiger partial charge >= 0.3 is 0 Å². The van der Waals surface area contributed by atoms with Crippen molar-refractivity contribution in [1.82, 2.24) is 19.5 Å². The van der Waals surface area contributed by atoms with Crippen LogP contribution in [-0.2, 0) is 11.3 Å². The Kier molecular flexibility index (Phi) is 3.92. The number of benzene rings is 1. The van der Waals surface area contributed by atoms with E-state index in [9.17, 15) is 9.59 Å². The fraction of sp³-hybridized carbons (Fsp3) is 0.294. The van der Waals surface area contributed by atoms with Crippen LogP contribution in [0.25, 0.3) is 10.9 Å². The summed E-state index contributed by atoms with van der Waals surface area (Å²) < 4.78 is 1.92. The molecule has 0 saturated carbocycles. The molecular weight excluding hydrogens is 306 g/mol. The van der Waals surface area contributed by atoms with E-state index in [0.29, 0.717) is 17.4 Å². The summed E-state index contributed by atoms with van der Waals surface area (Å²) in [7, 11) is 0. The third-order valence-electron chi connectivity index (χ3n) is 3.61. The number of nitrogens with one attached hydrogen (secondary N) is 2. The largest absolute Gasteiger partial charge is 0.333 e. The Hall–Kier alpha value is -2.96. The molecule has 2 heterocycles. The van der Waals surface area contributed by atoms with Crippen molar-refractivity contribution in [2.45, 2.75) is 27.3 Å². The lowest BCUT2D eigenvalue weighted by molar-refractivity contribution is -0.123. The van der Waals surface area contributed by atoms with Crippen molar-refractivity contribution in [2.24, 2.45) is 5.41 Å². The van der Waals surface area contributed by atoms with Crippen LogP contribution in [0.15, 0.2) is 41.7 Å². The summed E-state index contributed by atoms with van der Waals surface area (Å²) in [5, 5.41) is 3.14. The number of aromatic nitrogens is 4. The Balaban J connectivity index is 1.92. The molecule has 0 saturated heterocycles. The third-order valence-corrected chi connectivity index (χ3v) is 3.61. The van der Waals surface area contributed by atoms with E-state index < -0.39 is 5.41 Å². The molecule has 1 aromatic carbocycles. The number of hydrogen-bond donors (Lipinski definition) is 2. The molecule has 0 aliphatic heterocycles. The average Bonchev–Trinajstić information content (AvgIpc) is 3.00. The Morgan fingerprint density at radius 1 is 1.33 bits per heavy atom. The number of imidazole rings is 1. The van der Waals surface area contributed by atoms with Crippen LogP contribution in [0.3, 0.4) is 0 Å².